The van der Waals surface area contributed by atoms with Crippen LogP contribution in [0.4, 0.5) is 5.69 Å². The standard InChI is InChI=1S/C16H16N4OS/c1-3-13-12(10-20(19-13)16-17-8-9-22-16)15(21)18-14-7-5-4-6-11(14)2/h4-10H,3H2,1-2H3,(H,18,21). The highest BCUT2D eigenvalue weighted by Gasteiger charge is 2.17. The highest BCUT2D eigenvalue weighted by atomic mass is 32.1. The highest BCUT2D eigenvalue weighted by molar-refractivity contribution is 7.12. The Morgan fingerprint density at radius 2 is 2.18 bits per heavy atom. The molecule has 112 valence electrons. The van der Waals surface area contributed by atoms with E-state index in [1.165, 1.54) is 11.3 Å². The number of benzene rings is 1. The summed E-state index contributed by atoms with van der Waals surface area (Å²) in [4.78, 5) is 16.8. The summed E-state index contributed by atoms with van der Waals surface area (Å²) < 4.78 is 1.66. The molecule has 0 aliphatic rings. The van der Waals surface area contributed by atoms with Crippen molar-refractivity contribution in [3.05, 3.63) is 58.9 Å². The Bertz CT molecular complexity index is 792. The Labute approximate surface area is 132 Å². The van der Waals surface area contributed by atoms with E-state index >= 15 is 0 Å². The number of carbonyl (C=O) groups excluding carboxylic acids is 1. The maximum absolute atomic E-state index is 12.5. The summed E-state index contributed by atoms with van der Waals surface area (Å²) in [5.74, 6) is -0.144. The van der Waals surface area contributed by atoms with Gasteiger partial charge in [0.1, 0.15) is 0 Å². The second-order valence-corrected chi connectivity index (χ2v) is 5.74. The summed E-state index contributed by atoms with van der Waals surface area (Å²) in [5.41, 5.74) is 3.19. The largest absolute Gasteiger partial charge is 0.322 e. The molecule has 0 radical (unpaired) electrons. The van der Waals surface area contributed by atoms with Gasteiger partial charge in [-0.1, -0.05) is 25.1 Å². The minimum absolute atomic E-state index is 0.144. The molecule has 3 aromatic rings. The lowest BCUT2D eigenvalue weighted by Crippen LogP contribution is -2.13. The number of hydrogen-bond acceptors (Lipinski definition) is 4. The van der Waals surface area contributed by atoms with E-state index in [9.17, 15) is 4.79 Å². The van der Waals surface area contributed by atoms with Gasteiger partial charge in [0.05, 0.1) is 11.3 Å². The maximum Gasteiger partial charge on any atom is 0.259 e. The van der Waals surface area contributed by atoms with Gasteiger partial charge in [-0.2, -0.15) is 5.10 Å². The van der Waals surface area contributed by atoms with Crippen molar-refractivity contribution in [2.24, 2.45) is 0 Å². The zero-order chi connectivity index (χ0) is 15.5. The van der Waals surface area contributed by atoms with Crippen LogP contribution in [0, 0.1) is 6.92 Å². The summed E-state index contributed by atoms with van der Waals surface area (Å²) in [6.45, 7) is 3.95. The van der Waals surface area contributed by atoms with Crippen molar-refractivity contribution in [1.82, 2.24) is 14.8 Å². The lowest BCUT2D eigenvalue weighted by molar-refractivity contribution is 0.102. The molecule has 0 saturated heterocycles. The van der Waals surface area contributed by atoms with Crippen molar-refractivity contribution < 1.29 is 4.79 Å². The van der Waals surface area contributed by atoms with Gasteiger partial charge >= 0.3 is 0 Å². The van der Waals surface area contributed by atoms with E-state index in [4.69, 9.17) is 0 Å². The van der Waals surface area contributed by atoms with Crippen LogP contribution >= 0.6 is 11.3 Å². The number of nitrogens with zero attached hydrogens (tertiary/aromatic N) is 3. The van der Waals surface area contributed by atoms with E-state index in [2.05, 4.69) is 15.4 Å². The van der Waals surface area contributed by atoms with Crippen LogP contribution in [0.1, 0.15) is 28.5 Å². The van der Waals surface area contributed by atoms with Gasteiger partial charge in [-0.25, -0.2) is 9.67 Å². The molecule has 1 N–H and O–H groups in total. The van der Waals surface area contributed by atoms with E-state index in [1.54, 1.807) is 17.1 Å². The molecule has 3 rings (SSSR count). The Kier molecular flexibility index (Phi) is 4.02. The molecule has 5 nitrogen and oxygen atoms in total. The summed E-state index contributed by atoms with van der Waals surface area (Å²) in [5, 5.41) is 10.0. The van der Waals surface area contributed by atoms with Crippen LogP contribution in [0.25, 0.3) is 5.13 Å². The topological polar surface area (TPSA) is 59.8 Å². The van der Waals surface area contributed by atoms with Crippen LogP contribution in [-0.4, -0.2) is 20.7 Å². The Hall–Kier alpha value is -2.47. The predicted molar refractivity (Wildman–Crippen MR) is 87.7 cm³/mol. The molecule has 0 saturated carbocycles. The van der Waals surface area contributed by atoms with Crippen molar-refractivity contribution in [3.63, 3.8) is 0 Å². The fraction of sp³-hybridized carbons (Fsp3) is 0.188. The number of anilines is 1. The first kappa shape index (κ1) is 14.5. The Morgan fingerprint density at radius 1 is 1.36 bits per heavy atom. The second-order valence-electron chi connectivity index (χ2n) is 4.87. The zero-order valence-electron chi connectivity index (χ0n) is 12.4. The van der Waals surface area contributed by atoms with Gasteiger partial charge in [0.15, 0.2) is 0 Å². The molecule has 0 fully saturated rings. The molecule has 1 aromatic carbocycles. The summed E-state index contributed by atoms with van der Waals surface area (Å²) in [7, 11) is 0. The van der Waals surface area contributed by atoms with E-state index in [0.717, 1.165) is 22.1 Å². The average molecular weight is 312 g/mol. The number of amides is 1. The molecule has 2 aromatic heterocycles. The van der Waals surface area contributed by atoms with E-state index < -0.39 is 0 Å². The number of hydrogen-bond donors (Lipinski definition) is 1. The van der Waals surface area contributed by atoms with Crippen molar-refractivity contribution in [1.29, 1.82) is 0 Å². The number of para-hydroxylation sites is 1. The van der Waals surface area contributed by atoms with Gasteiger partial charge in [-0.15, -0.1) is 11.3 Å². The normalized spacial score (nSPS) is 10.6. The van der Waals surface area contributed by atoms with Crippen molar-refractivity contribution in [2.45, 2.75) is 20.3 Å². The first-order chi connectivity index (χ1) is 10.7. The first-order valence-electron chi connectivity index (χ1n) is 7.04. The van der Waals surface area contributed by atoms with E-state index in [0.29, 0.717) is 12.0 Å². The fourth-order valence-corrected chi connectivity index (χ4v) is 2.76. The van der Waals surface area contributed by atoms with Crippen LogP contribution in [-0.2, 0) is 6.42 Å². The molecule has 0 aliphatic heterocycles. The number of rotatable bonds is 4. The molecular formula is C16H16N4OS. The molecule has 22 heavy (non-hydrogen) atoms. The molecule has 0 atom stereocenters. The molecule has 0 unspecified atom stereocenters. The minimum Gasteiger partial charge on any atom is -0.322 e. The van der Waals surface area contributed by atoms with Crippen molar-refractivity contribution >= 4 is 22.9 Å². The number of nitrogens with one attached hydrogen (secondary N) is 1. The van der Waals surface area contributed by atoms with Crippen LogP contribution in [0.5, 0.6) is 0 Å². The number of thiazole rings is 1. The smallest absolute Gasteiger partial charge is 0.259 e. The molecule has 6 heteroatoms. The lowest BCUT2D eigenvalue weighted by atomic mass is 10.1. The third kappa shape index (κ3) is 2.78. The number of carbonyl (C=O) groups is 1. The first-order valence-corrected chi connectivity index (χ1v) is 7.92. The third-order valence-corrected chi connectivity index (χ3v) is 4.14. The van der Waals surface area contributed by atoms with Crippen LogP contribution in [0.2, 0.25) is 0 Å². The summed E-state index contributed by atoms with van der Waals surface area (Å²) in [6.07, 6.45) is 4.15. The Morgan fingerprint density at radius 3 is 2.86 bits per heavy atom. The number of aromatic nitrogens is 3. The molecule has 1 amide bonds. The SMILES string of the molecule is CCc1nn(-c2nccs2)cc1C(=O)Nc1ccccc1C. The molecular weight excluding hydrogens is 296 g/mol. The van der Waals surface area contributed by atoms with Crippen LogP contribution < -0.4 is 5.32 Å². The Balaban J connectivity index is 1.90. The molecule has 0 aliphatic carbocycles. The molecule has 2 heterocycles. The number of aryl methyl sites for hydroxylation is 2. The van der Waals surface area contributed by atoms with Crippen molar-refractivity contribution in [3.8, 4) is 5.13 Å². The fourth-order valence-electron chi connectivity index (χ4n) is 2.19. The van der Waals surface area contributed by atoms with Crippen LogP contribution in [0.3, 0.4) is 0 Å². The van der Waals surface area contributed by atoms with Gasteiger partial charge in [-0.3, -0.25) is 4.79 Å². The monoisotopic (exact) mass is 312 g/mol. The van der Waals surface area contributed by atoms with Gasteiger partial charge in [0.2, 0.25) is 5.13 Å². The molecule has 0 spiro atoms. The maximum atomic E-state index is 12.5. The minimum atomic E-state index is -0.144. The summed E-state index contributed by atoms with van der Waals surface area (Å²) >= 11 is 1.48. The van der Waals surface area contributed by atoms with E-state index in [1.807, 2.05) is 43.5 Å². The second kappa shape index (κ2) is 6.11. The van der Waals surface area contributed by atoms with Gasteiger partial charge in [0.25, 0.3) is 5.91 Å². The summed E-state index contributed by atoms with van der Waals surface area (Å²) in [6, 6.07) is 7.71. The third-order valence-electron chi connectivity index (χ3n) is 3.38. The quantitative estimate of drug-likeness (QED) is 0.802. The van der Waals surface area contributed by atoms with Gasteiger partial charge in [-0.05, 0) is 25.0 Å². The van der Waals surface area contributed by atoms with Gasteiger partial charge in [0, 0.05) is 23.5 Å². The predicted octanol–water partition coefficient (Wildman–Crippen LogP) is 3.45. The average Bonchev–Trinajstić information content (AvgIpc) is 3.18. The van der Waals surface area contributed by atoms with Crippen molar-refractivity contribution in [2.75, 3.05) is 5.32 Å². The lowest BCUT2D eigenvalue weighted by Gasteiger charge is -2.07. The van der Waals surface area contributed by atoms with E-state index in [-0.39, 0.29) is 5.91 Å². The molecule has 0 bridgehead atoms. The van der Waals surface area contributed by atoms with Crippen LogP contribution in [0.15, 0.2) is 42.0 Å². The van der Waals surface area contributed by atoms with Gasteiger partial charge < -0.3 is 5.32 Å². The highest BCUT2D eigenvalue weighted by Crippen LogP contribution is 2.18. The zero-order valence-corrected chi connectivity index (χ0v) is 13.2.